The van der Waals surface area contributed by atoms with E-state index in [9.17, 15) is 13.2 Å². The normalized spacial score (nSPS) is 17.1. The van der Waals surface area contributed by atoms with Crippen LogP contribution in [0.3, 0.4) is 0 Å². The van der Waals surface area contributed by atoms with Crippen molar-refractivity contribution < 1.29 is 22.7 Å². The van der Waals surface area contributed by atoms with Gasteiger partial charge in [0.05, 0.1) is 26.2 Å². The van der Waals surface area contributed by atoms with Gasteiger partial charge in [0, 0.05) is 12.1 Å². The van der Waals surface area contributed by atoms with Crippen molar-refractivity contribution >= 4 is 21.6 Å². The van der Waals surface area contributed by atoms with E-state index in [1.165, 1.54) is 33.5 Å². The van der Waals surface area contributed by atoms with E-state index in [4.69, 9.17) is 9.47 Å². The molecule has 1 saturated carbocycles. The number of methoxy groups -OCH3 is 2. The van der Waals surface area contributed by atoms with Gasteiger partial charge >= 0.3 is 0 Å². The molecule has 0 unspecified atom stereocenters. The number of anilines is 1. The second-order valence-corrected chi connectivity index (χ2v) is 9.18. The van der Waals surface area contributed by atoms with Gasteiger partial charge in [-0.3, -0.25) is 9.10 Å². The quantitative estimate of drug-likeness (QED) is 0.744. The fourth-order valence-electron chi connectivity index (χ4n) is 3.69. The van der Waals surface area contributed by atoms with Crippen molar-refractivity contribution in [3.05, 3.63) is 18.2 Å². The van der Waals surface area contributed by atoms with Gasteiger partial charge in [0.1, 0.15) is 6.04 Å². The van der Waals surface area contributed by atoms with Crippen LogP contribution in [0.25, 0.3) is 0 Å². The number of benzene rings is 1. The number of carbonyl (C=O) groups excluding carboxylic acids is 1. The lowest BCUT2D eigenvalue weighted by Gasteiger charge is -2.30. The van der Waals surface area contributed by atoms with Crippen LogP contribution in [0.5, 0.6) is 11.5 Å². The van der Waals surface area contributed by atoms with E-state index in [1.807, 2.05) is 0 Å². The molecular formula is C20H32N2O5S. The molecule has 1 atom stereocenters. The highest BCUT2D eigenvalue weighted by atomic mass is 32.2. The molecule has 28 heavy (non-hydrogen) atoms. The summed E-state index contributed by atoms with van der Waals surface area (Å²) in [5.41, 5.74) is 0.362. The van der Waals surface area contributed by atoms with E-state index >= 15 is 0 Å². The Balaban J connectivity index is 2.23. The second kappa shape index (κ2) is 10.0. The van der Waals surface area contributed by atoms with E-state index in [2.05, 4.69) is 5.32 Å². The van der Waals surface area contributed by atoms with E-state index < -0.39 is 16.1 Å². The van der Waals surface area contributed by atoms with E-state index in [1.54, 1.807) is 25.1 Å². The summed E-state index contributed by atoms with van der Waals surface area (Å²) in [5, 5.41) is 3.06. The average molecular weight is 413 g/mol. The van der Waals surface area contributed by atoms with Crippen LogP contribution in [0.1, 0.15) is 51.9 Å². The number of carbonyl (C=O) groups is 1. The zero-order chi connectivity index (χ0) is 20.7. The highest BCUT2D eigenvalue weighted by Crippen LogP contribution is 2.33. The maximum atomic E-state index is 12.9. The van der Waals surface area contributed by atoms with Crippen LogP contribution in [0.4, 0.5) is 5.69 Å². The monoisotopic (exact) mass is 412 g/mol. The first-order valence-electron chi connectivity index (χ1n) is 9.79. The molecule has 0 saturated heterocycles. The Labute approximate surface area is 168 Å². The lowest BCUT2D eigenvalue weighted by atomic mass is 9.96. The summed E-state index contributed by atoms with van der Waals surface area (Å²) < 4.78 is 36.6. The number of sulfonamides is 1. The van der Waals surface area contributed by atoms with Gasteiger partial charge in [0.15, 0.2) is 11.5 Å². The maximum Gasteiger partial charge on any atom is 0.243 e. The van der Waals surface area contributed by atoms with Gasteiger partial charge in [-0.1, -0.05) is 32.1 Å². The molecule has 1 aliphatic carbocycles. The summed E-state index contributed by atoms with van der Waals surface area (Å²) in [6.07, 6.45) is 8.77. The minimum Gasteiger partial charge on any atom is -0.493 e. The van der Waals surface area contributed by atoms with E-state index in [0.29, 0.717) is 17.2 Å². The average Bonchev–Trinajstić information content (AvgIpc) is 2.62. The molecule has 1 aliphatic rings. The number of amides is 1. The summed E-state index contributed by atoms with van der Waals surface area (Å²) in [5.74, 6) is 0.610. The first kappa shape index (κ1) is 22.3. The van der Waals surface area contributed by atoms with Crippen LogP contribution in [-0.4, -0.2) is 46.9 Å². The van der Waals surface area contributed by atoms with Crippen molar-refractivity contribution in [2.24, 2.45) is 0 Å². The largest absolute Gasteiger partial charge is 0.493 e. The molecular weight excluding hydrogens is 380 g/mol. The van der Waals surface area contributed by atoms with Crippen molar-refractivity contribution in [2.75, 3.05) is 24.8 Å². The summed E-state index contributed by atoms with van der Waals surface area (Å²) in [4.78, 5) is 12.9. The second-order valence-electron chi connectivity index (χ2n) is 7.32. The minimum absolute atomic E-state index is 0.0991. The number of rotatable bonds is 7. The molecule has 0 bridgehead atoms. The topological polar surface area (TPSA) is 84.9 Å². The molecule has 7 nitrogen and oxygen atoms in total. The molecule has 1 N–H and O–H groups in total. The molecule has 158 valence electrons. The Morgan fingerprint density at radius 3 is 2.18 bits per heavy atom. The maximum absolute atomic E-state index is 12.9. The lowest BCUT2D eigenvalue weighted by molar-refractivity contribution is -0.122. The fourth-order valence-corrected chi connectivity index (χ4v) is 4.86. The summed E-state index contributed by atoms with van der Waals surface area (Å²) in [7, 11) is -0.690. The zero-order valence-electron chi connectivity index (χ0n) is 17.2. The molecule has 8 heteroatoms. The molecule has 1 fully saturated rings. The highest BCUT2D eigenvalue weighted by molar-refractivity contribution is 7.92. The summed E-state index contributed by atoms with van der Waals surface area (Å²) in [6.45, 7) is 1.61. The van der Waals surface area contributed by atoms with Crippen LogP contribution in [0.15, 0.2) is 18.2 Å². The van der Waals surface area contributed by atoms with E-state index in [0.717, 1.165) is 36.2 Å². The first-order valence-corrected chi connectivity index (χ1v) is 11.6. The summed E-state index contributed by atoms with van der Waals surface area (Å²) >= 11 is 0. The Morgan fingerprint density at radius 2 is 1.64 bits per heavy atom. The van der Waals surface area contributed by atoms with Crippen LogP contribution in [0.2, 0.25) is 0 Å². The van der Waals surface area contributed by atoms with Crippen molar-refractivity contribution in [3.8, 4) is 11.5 Å². The minimum atomic E-state index is -3.68. The zero-order valence-corrected chi connectivity index (χ0v) is 18.0. The molecule has 0 spiro atoms. The van der Waals surface area contributed by atoms with Gasteiger partial charge in [-0.05, 0) is 31.9 Å². The van der Waals surface area contributed by atoms with Crippen molar-refractivity contribution in [1.29, 1.82) is 0 Å². The lowest BCUT2D eigenvalue weighted by Crippen LogP contribution is -2.50. The third-order valence-corrected chi connectivity index (χ3v) is 6.40. The van der Waals surface area contributed by atoms with Crippen molar-refractivity contribution in [2.45, 2.75) is 64.0 Å². The van der Waals surface area contributed by atoms with Crippen LogP contribution < -0.4 is 19.1 Å². The van der Waals surface area contributed by atoms with Crippen LogP contribution >= 0.6 is 0 Å². The molecule has 2 rings (SSSR count). The molecule has 1 aromatic carbocycles. The number of nitrogens with one attached hydrogen (secondary N) is 1. The Bertz CT molecular complexity index is 758. The van der Waals surface area contributed by atoms with Crippen LogP contribution in [-0.2, 0) is 14.8 Å². The number of hydrogen-bond donors (Lipinski definition) is 1. The SMILES string of the molecule is COc1ccc(N([C@H](C)C(=O)NC2CCCCCCC2)S(C)(=O)=O)cc1OC. The first-order chi connectivity index (χ1) is 13.3. The molecule has 0 heterocycles. The molecule has 0 radical (unpaired) electrons. The van der Waals surface area contributed by atoms with Crippen molar-refractivity contribution in [3.63, 3.8) is 0 Å². The highest BCUT2D eigenvalue weighted by Gasteiger charge is 2.31. The standard InChI is InChI=1S/C20H32N2O5S/c1-15(20(23)21-16-10-8-6-5-7-9-11-16)22(28(4,24)25)17-12-13-18(26-2)19(14-17)27-3/h12-16H,5-11H2,1-4H3,(H,21,23)/t15-/m1/s1. The Morgan fingerprint density at radius 1 is 1.07 bits per heavy atom. The number of nitrogens with zero attached hydrogens (tertiary/aromatic N) is 1. The molecule has 0 aliphatic heterocycles. The molecule has 1 amide bonds. The van der Waals surface area contributed by atoms with Gasteiger partial charge in [-0.2, -0.15) is 0 Å². The predicted octanol–water partition coefficient (Wildman–Crippen LogP) is 3.09. The van der Waals surface area contributed by atoms with Crippen LogP contribution in [0, 0.1) is 0 Å². The number of ether oxygens (including phenoxy) is 2. The van der Waals surface area contributed by atoms with Crippen molar-refractivity contribution in [1.82, 2.24) is 5.32 Å². The summed E-state index contributed by atoms with van der Waals surface area (Å²) in [6, 6.07) is 4.04. The molecule has 1 aromatic rings. The third-order valence-electron chi connectivity index (χ3n) is 5.16. The van der Waals surface area contributed by atoms with Gasteiger partial charge in [-0.15, -0.1) is 0 Å². The number of hydrogen-bond acceptors (Lipinski definition) is 5. The fraction of sp³-hybridized carbons (Fsp3) is 0.650. The predicted molar refractivity (Wildman–Crippen MR) is 111 cm³/mol. The molecule has 0 aromatic heterocycles. The van der Waals surface area contributed by atoms with Gasteiger partial charge in [0.2, 0.25) is 15.9 Å². The van der Waals surface area contributed by atoms with Gasteiger partial charge in [0.25, 0.3) is 0 Å². The Hall–Kier alpha value is -1.96. The smallest absolute Gasteiger partial charge is 0.243 e. The van der Waals surface area contributed by atoms with Gasteiger partial charge in [-0.25, -0.2) is 8.42 Å². The third kappa shape index (κ3) is 5.77. The Kier molecular flexibility index (Phi) is 7.98. The van der Waals surface area contributed by atoms with Gasteiger partial charge < -0.3 is 14.8 Å². The van der Waals surface area contributed by atoms with E-state index in [-0.39, 0.29) is 11.9 Å².